The highest BCUT2D eigenvalue weighted by Crippen LogP contribution is 2.26. The highest BCUT2D eigenvalue weighted by atomic mass is 79.9. The van der Waals surface area contributed by atoms with Crippen molar-refractivity contribution in [3.05, 3.63) is 27.7 Å². The summed E-state index contributed by atoms with van der Waals surface area (Å²) in [5, 5.41) is 0. The maximum atomic E-state index is 14.2. The molecule has 1 aromatic heterocycles. The van der Waals surface area contributed by atoms with Crippen molar-refractivity contribution < 1.29 is 21.8 Å². The molecule has 0 amide bonds. The summed E-state index contributed by atoms with van der Waals surface area (Å²) in [4.78, 5) is 3.93. The third kappa shape index (κ3) is 7.55. The van der Waals surface area contributed by atoms with E-state index in [4.69, 9.17) is 5.73 Å². The molecule has 0 spiro atoms. The molecule has 0 aliphatic carbocycles. The third-order valence-corrected chi connectivity index (χ3v) is 5.50. The normalized spacial score (nSPS) is 16.3. The van der Waals surface area contributed by atoms with Gasteiger partial charge in [0.2, 0.25) is 0 Å². The number of rotatable bonds is 5. The molecule has 0 bridgehead atoms. The second kappa shape index (κ2) is 9.24. The molecule has 1 unspecified atom stereocenters. The molecule has 11 heteroatoms. The molecule has 0 saturated carbocycles. The fourth-order valence-corrected chi connectivity index (χ4v) is 4.02. The van der Waals surface area contributed by atoms with Gasteiger partial charge in [0.25, 0.3) is 0 Å². The van der Waals surface area contributed by atoms with Crippen LogP contribution in [0.3, 0.4) is 0 Å². The molecule has 2 atom stereocenters. The van der Waals surface area contributed by atoms with E-state index in [9.17, 15) is 21.8 Å². The molecule has 3 N–H and O–H groups in total. The highest BCUT2D eigenvalue weighted by molar-refractivity contribution is 9.10. The largest absolute Gasteiger partial charge is 0.408 e. The SMILES string of the molecule is CC.CNS(=O)(C[C@](C)(N)c1nc(Br)cc(C)c1F)=NCC(F)(F)F. The minimum absolute atomic E-state index is 0.199. The fourth-order valence-electron chi connectivity index (χ4n) is 1.83. The molecule has 5 nitrogen and oxygen atoms in total. The van der Waals surface area contributed by atoms with Crippen molar-refractivity contribution in [2.75, 3.05) is 19.3 Å². The topological polar surface area (TPSA) is 80.4 Å². The van der Waals surface area contributed by atoms with Gasteiger partial charge in [-0.05, 0) is 48.5 Å². The first-order chi connectivity index (χ1) is 11.3. The predicted octanol–water partition coefficient (Wildman–Crippen LogP) is 3.66. The van der Waals surface area contributed by atoms with Gasteiger partial charge in [-0.25, -0.2) is 22.7 Å². The lowest BCUT2D eigenvalue weighted by Gasteiger charge is -2.26. The van der Waals surface area contributed by atoms with Crippen LogP contribution in [0.4, 0.5) is 17.6 Å². The van der Waals surface area contributed by atoms with Crippen molar-refractivity contribution in [1.82, 2.24) is 9.71 Å². The zero-order valence-corrected chi connectivity index (χ0v) is 17.1. The molecular formula is C14H23BrF4N4OS. The Bertz CT molecular complexity index is 701. The second-order valence-electron chi connectivity index (χ2n) is 5.23. The Kier molecular flexibility index (Phi) is 8.95. The van der Waals surface area contributed by atoms with Gasteiger partial charge in [0.15, 0.2) is 0 Å². The third-order valence-electron chi connectivity index (χ3n) is 2.92. The van der Waals surface area contributed by atoms with Gasteiger partial charge in [-0.3, -0.25) is 0 Å². The summed E-state index contributed by atoms with van der Waals surface area (Å²) in [5.74, 6) is -1.24. The van der Waals surface area contributed by atoms with Gasteiger partial charge in [0.05, 0.1) is 17.0 Å². The number of nitrogens with zero attached hydrogens (tertiary/aromatic N) is 2. The van der Waals surface area contributed by atoms with Crippen LogP contribution in [-0.4, -0.2) is 34.7 Å². The molecule has 146 valence electrons. The number of nitrogens with one attached hydrogen (secondary N) is 1. The van der Waals surface area contributed by atoms with E-state index in [0.717, 1.165) is 0 Å². The Hall–Kier alpha value is -0.780. The van der Waals surface area contributed by atoms with Crippen LogP contribution in [0.2, 0.25) is 0 Å². The lowest BCUT2D eigenvalue weighted by molar-refractivity contribution is -0.117. The molecule has 0 fully saturated rings. The summed E-state index contributed by atoms with van der Waals surface area (Å²) in [6.45, 7) is 5.24. The first kappa shape index (κ1) is 24.2. The van der Waals surface area contributed by atoms with E-state index in [0.29, 0.717) is 4.60 Å². The molecule has 1 rings (SSSR count). The molecule has 1 aromatic rings. The molecule has 0 aliphatic heterocycles. The molecular weight excluding hydrogens is 428 g/mol. The van der Waals surface area contributed by atoms with E-state index in [1.165, 1.54) is 27.0 Å². The lowest BCUT2D eigenvalue weighted by Crippen LogP contribution is -2.45. The Morgan fingerprint density at radius 2 is 1.92 bits per heavy atom. The monoisotopic (exact) mass is 450 g/mol. The molecule has 0 saturated heterocycles. The number of aromatic nitrogens is 1. The summed E-state index contributed by atoms with van der Waals surface area (Å²) >= 11 is 3.10. The Morgan fingerprint density at radius 1 is 1.40 bits per heavy atom. The number of nitrogens with two attached hydrogens (primary N) is 1. The maximum Gasteiger partial charge on any atom is 0.408 e. The van der Waals surface area contributed by atoms with Gasteiger partial charge < -0.3 is 5.73 Å². The number of alkyl halides is 3. The average Bonchev–Trinajstić information content (AvgIpc) is 2.50. The van der Waals surface area contributed by atoms with Crippen LogP contribution in [-0.2, 0) is 15.5 Å². The Balaban J connectivity index is 0.00000277. The van der Waals surface area contributed by atoms with Crippen LogP contribution >= 0.6 is 15.9 Å². The minimum Gasteiger partial charge on any atom is -0.319 e. The first-order valence-corrected chi connectivity index (χ1v) is 9.85. The van der Waals surface area contributed by atoms with Gasteiger partial charge in [0.1, 0.15) is 26.9 Å². The van der Waals surface area contributed by atoms with Gasteiger partial charge >= 0.3 is 6.18 Å². The quantitative estimate of drug-likeness (QED) is 0.530. The molecule has 0 aliphatic rings. The zero-order valence-electron chi connectivity index (χ0n) is 14.7. The van der Waals surface area contributed by atoms with Crippen molar-refractivity contribution in [1.29, 1.82) is 0 Å². The lowest BCUT2D eigenvalue weighted by atomic mass is 9.99. The maximum absolute atomic E-state index is 14.2. The molecule has 1 heterocycles. The minimum atomic E-state index is -4.60. The van der Waals surface area contributed by atoms with Crippen molar-refractivity contribution in [2.45, 2.75) is 39.4 Å². The van der Waals surface area contributed by atoms with E-state index in [-0.39, 0.29) is 11.3 Å². The van der Waals surface area contributed by atoms with Gasteiger partial charge in [-0.15, -0.1) is 0 Å². The summed E-state index contributed by atoms with van der Waals surface area (Å²) in [7, 11) is -2.30. The van der Waals surface area contributed by atoms with E-state index >= 15 is 0 Å². The van der Waals surface area contributed by atoms with E-state index in [2.05, 4.69) is 30.0 Å². The number of hydrogen-bond donors (Lipinski definition) is 2. The van der Waals surface area contributed by atoms with E-state index in [1.807, 2.05) is 13.8 Å². The van der Waals surface area contributed by atoms with Gasteiger partial charge in [0, 0.05) is 0 Å². The van der Waals surface area contributed by atoms with Crippen LogP contribution in [0.1, 0.15) is 32.0 Å². The number of aryl methyl sites for hydroxylation is 1. The summed E-state index contributed by atoms with van der Waals surface area (Å²) in [6.07, 6.45) is -4.60. The van der Waals surface area contributed by atoms with Crippen molar-refractivity contribution >= 4 is 25.8 Å². The first-order valence-electron chi connectivity index (χ1n) is 7.37. The zero-order chi connectivity index (χ0) is 20.1. The van der Waals surface area contributed by atoms with E-state index in [1.54, 1.807) is 0 Å². The smallest absolute Gasteiger partial charge is 0.319 e. The van der Waals surface area contributed by atoms with Gasteiger partial charge in [-0.2, -0.15) is 13.2 Å². The number of hydrogen-bond acceptors (Lipinski definition) is 4. The highest BCUT2D eigenvalue weighted by Gasteiger charge is 2.34. The van der Waals surface area contributed by atoms with Crippen LogP contribution in [0.15, 0.2) is 15.0 Å². The van der Waals surface area contributed by atoms with Crippen molar-refractivity contribution in [3.8, 4) is 0 Å². The van der Waals surface area contributed by atoms with Crippen molar-refractivity contribution in [3.63, 3.8) is 0 Å². The second-order valence-corrected chi connectivity index (χ2v) is 8.28. The van der Waals surface area contributed by atoms with Gasteiger partial charge in [-0.1, -0.05) is 13.8 Å². The number of pyridine rings is 1. The van der Waals surface area contributed by atoms with Crippen molar-refractivity contribution in [2.24, 2.45) is 10.1 Å². The summed E-state index contributed by atoms with van der Waals surface area (Å²) in [5.41, 5.74) is 4.46. The van der Waals surface area contributed by atoms with Crippen LogP contribution in [0.25, 0.3) is 0 Å². The Morgan fingerprint density at radius 3 is 2.36 bits per heavy atom. The standard InChI is InChI=1S/C12H17BrF4N4OS.C2H6/c1-7-4-8(13)21-10(9(7)14)11(2,18)6-23(22,19-3)20-5-12(15,16)17;1-2/h4H,5-6,18H2,1-3H3,(H,19,20,22);1-2H3/t11-,23?;/m0./s1. The van der Waals surface area contributed by atoms with Crippen LogP contribution in [0, 0.1) is 12.7 Å². The molecule has 0 aromatic carbocycles. The predicted molar refractivity (Wildman–Crippen MR) is 94.9 cm³/mol. The average molecular weight is 451 g/mol. The van der Waals surface area contributed by atoms with Crippen LogP contribution in [0.5, 0.6) is 0 Å². The Labute approximate surface area is 154 Å². The molecule has 0 radical (unpaired) electrons. The molecule has 25 heavy (non-hydrogen) atoms. The van der Waals surface area contributed by atoms with Crippen LogP contribution < -0.4 is 10.5 Å². The summed E-state index contributed by atoms with van der Waals surface area (Å²) < 4.78 is 69.3. The van der Waals surface area contributed by atoms with E-state index < -0.39 is 39.7 Å². The fraction of sp³-hybridized carbons (Fsp3) is 0.643. The number of halogens is 5. The summed E-state index contributed by atoms with van der Waals surface area (Å²) in [6, 6.07) is 1.43.